The van der Waals surface area contributed by atoms with Crippen LogP contribution in [0.15, 0.2) is 0 Å². The Morgan fingerprint density at radius 3 is 2.25 bits per heavy atom. The van der Waals surface area contributed by atoms with Crippen LogP contribution in [0.25, 0.3) is 0 Å². The Hall–Kier alpha value is -0.120. The number of hydrogen-bond acceptors (Lipinski definition) is 2. The van der Waals surface area contributed by atoms with Gasteiger partial charge in [0.25, 0.3) is 0 Å². The number of aliphatic hydroxyl groups is 2. The lowest BCUT2D eigenvalue weighted by Gasteiger charge is -2.39. The highest BCUT2D eigenvalue weighted by molar-refractivity contribution is 4.62. The topological polar surface area (TPSA) is 40.5 Å². The van der Waals surface area contributed by atoms with Gasteiger partial charge in [-0.3, -0.25) is 0 Å². The number of rotatable bonds is 3. The summed E-state index contributed by atoms with van der Waals surface area (Å²) in [6.07, 6.45) is 2.21. The molecule has 0 spiro atoms. The molecule has 1 heterocycles. The van der Waals surface area contributed by atoms with Crippen molar-refractivity contribution < 1.29 is 14.7 Å². The summed E-state index contributed by atoms with van der Waals surface area (Å²) < 4.78 is 0.979. The summed E-state index contributed by atoms with van der Waals surface area (Å²) in [5, 5.41) is 17.8. The van der Waals surface area contributed by atoms with E-state index in [1.54, 1.807) is 0 Å². The maximum Gasteiger partial charge on any atom is 0.102 e. The van der Waals surface area contributed by atoms with Crippen molar-refractivity contribution in [3.63, 3.8) is 0 Å². The minimum Gasteiger partial charge on any atom is -0.396 e. The molecule has 0 amide bonds. The van der Waals surface area contributed by atoms with Gasteiger partial charge in [-0.1, -0.05) is 0 Å². The van der Waals surface area contributed by atoms with Crippen LogP contribution >= 0.6 is 0 Å². The van der Waals surface area contributed by atoms with Crippen LogP contribution in [-0.2, 0) is 0 Å². The standard InChI is InChI=1S/C9H20NO2/c1-10(6-7-11)4-2-9(8-12)3-5-10/h9,11-12H,2-8H2,1H3/q+1. The summed E-state index contributed by atoms with van der Waals surface area (Å²) in [6, 6.07) is 0. The molecule has 0 radical (unpaired) electrons. The molecular formula is C9H20NO2+. The van der Waals surface area contributed by atoms with Crippen molar-refractivity contribution in [3.8, 4) is 0 Å². The van der Waals surface area contributed by atoms with Gasteiger partial charge in [0.15, 0.2) is 0 Å². The molecular weight excluding hydrogens is 154 g/mol. The first-order valence-corrected chi connectivity index (χ1v) is 4.75. The Balaban J connectivity index is 2.33. The molecule has 3 nitrogen and oxygen atoms in total. The average Bonchev–Trinajstić information content (AvgIpc) is 2.06. The summed E-state index contributed by atoms with van der Waals surface area (Å²) in [5.41, 5.74) is 0. The van der Waals surface area contributed by atoms with Crippen LogP contribution < -0.4 is 0 Å². The Morgan fingerprint density at radius 1 is 1.25 bits per heavy atom. The van der Waals surface area contributed by atoms with E-state index in [0.717, 1.165) is 37.0 Å². The normalized spacial score (nSPS) is 36.8. The van der Waals surface area contributed by atoms with Crippen molar-refractivity contribution >= 4 is 0 Å². The highest BCUT2D eigenvalue weighted by Gasteiger charge is 2.28. The number of piperidine rings is 1. The van der Waals surface area contributed by atoms with Crippen LogP contribution in [0.1, 0.15) is 12.8 Å². The van der Waals surface area contributed by atoms with E-state index in [2.05, 4.69) is 7.05 Å². The van der Waals surface area contributed by atoms with Crippen LogP contribution in [0.3, 0.4) is 0 Å². The van der Waals surface area contributed by atoms with E-state index in [1.807, 2.05) is 0 Å². The molecule has 2 N–H and O–H groups in total. The molecule has 1 aliphatic heterocycles. The largest absolute Gasteiger partial charge is 0.396 e. The van der Waals surface area contributed by atoms with E-state index < -0.39 is 0 Å². The van der Waals surface area contributed by atoms with Gasteiger partial charge in [0.1, 0.15) is 6.54 Å². The van der Waals surface area contributed by atoms with E-state index in [0.29, 0.717) is 12.5 Å². The van der Waals surface area contributed by atoms with E-state index in [1.165, 1.54) is 0 Å². The Labute approximate surface area is 74.2 Å². The van der Waals surface area contributed by atoms with Crippen molar-refractivity contribution in [2.45, 2.75) is 12.8 Å². The smallest absolute Gasteiger partial charge is 0.102 e. The molecule has 1 aliphatic rings. The van der Waals surface area contributed by atoms with Gasteiger partial charge in [-0.25, -0.2) is 0 Å². The van der Waals surface area contributed by atoms with Crippen molar-refractivity contribution in [1.82, 2.24) is 0 Å². The zero-order chi connectivity index (χ0) is 9.03. The van der Waals surface area contributed by atoms with Gasteiger partial charge in [-0.2, -0.15) is 0 Å². The van der Waals surface area contributed by atoms with Gasteiger partial charge < -0.3 is 14.7 Å². The third-order valence-electron chi connectivity index (χ3n) is 3.05. The van der Waals surface area contributed by atoms with Crippen molar-refractivity contribution in [3.05, 3.63) is 0 Å². The van der Waals surface area contributed by atoms with Gasteiger partial charge in [-0.05, 0) is 5.92 Å². The summed E-state index contributed by atoms with van der Waals surface area (Å²) in [5.74, 6) is 0.509. The third-order valence-corrected chi connectivity index (χ3v) is 3.05. The SMILES string of the molecule is C[N+]1(CCO)CCC(CO)CC1. The second kappa shape index (κ2) is 4.21. The Kier molecular flexibility index (Phi) is 3.50. The van der Waals surface area contributed by atoms with Gasteiger partial charge >= 0.3 is 0 Å². The number of likely N-dealkylation sites (N-methyl/N-ethyl adjacent to an activating group) is 1. The van der Waals surface area contributed by atoms with Gasteiger partial charge in [-0.15, -0.1) is 0 Å². The summed E-state index contributed by atoms with van der Waals surface area (Å²) >= 11 is 0. The maximum absolute atomic E-state index is 8.93. The van der Waals surface area contributed by atoms with Crippen LogP contribution in [0, 0.1) is 5.92 Å². The van der Waals surface area contributed by atoms with Crippen LogP contribution in [-0.4, -0.2) is 54.6 Å². The molecule has 0 bridgehead atoms. The fourth-order valence-corrected chi connectivity index (χ4v) is 1.89. The molecule has 0 aromatic carbocycles. The van der Waals surface area contributed by atoms with Gasteiger partial charge in [0.05, 0.1) is 26.7 Å². The first-order valence-electron chi connectivity index (χ1n) is 4.75. The molecule has 0 atom stereocenters. The van der Waals surface area contributed by atoms with Crippen molar-refractivity contribution in [2.24, 2.45) is 5.92 Å². The fraction of sp³-hybridized carbons (Fsp3) is 1.00. The molecule has 1 fully saturated rings. The number of hydrogen-bond donors (Lipinski definition) is 2. The molecule has 12 heavy (non-hydrogen) atoms. The average molecular weight is 174 g/mol. The second-order valence-electron chi connectivity index (χ2n) is 4.14. The third kappa shape index (κ3) is 2.44. The fourth-order valence-electron chi connectivity index (χ4n) is 1.89. The molecule has 72 valence electrons. The van der Waals surface area contributed by atoms with Crippen LogP contribution in [0.5, 0.6) is 0 Å². The lowest BCUT2D eigenvalue weighted by Crippen LogP contribution is -2.51. The highest BCUT2D eigenvalue weighted by atomic mass is 16.3. The summed E-state index contributed by atoms with van der Waals surface area (Å²) in [7, 11) is 2.18. The van der Waals surface area contributed by atoms with Gasteiger partial charge in [0.2, 0.25) is 0 Å². The molecule has 0 aliphatic carbocycles. The number of quaternary nitrogens is 1. The molecule has 3 heteroatoms. The Morgan fingerprint density at radius 2 is 1.83 bits per heavy atom. The molecule has 0 aromatic rings. The summed E-state index contributed by atoms with van der Waals surface area (Å²) in [6.45, 7) is 3.68. The minimum absolute atomic E-state index is 0.278. The highest BCUT2D eigenvalue weighted by Crippen LogP contribution is 2.20. The van der Waals surface area contributed by atoms with Crippen LogP contribution in [0.4, 0.5) is 0 Å². The number of nitrogens with zero attached hydrogens (tertiary/aromatic N) is 1. The summed E-state index contributed by atoms with van der Waals surface area (Å²) in [4.78, 5) is 0. The zero-order valence-corrected chi connectivity index (χ0v) is 7.87. The molecule has 0 aromatic heterocycles. The molecule has 0 saturated carbocycles. The van der Waals surface area contributed by atoms with E-state index in [9.17, 15) is 0 Å². The van der Waals surface area contributed by atoms with Crippen molar-refractivity contribution in [1.29, 1.82) is 0 Å². The zero-order valence-electron chi connectivity index (χ0n) is 7.87. The molecule has 1 saturated heterocycles. The monoisotopic (exact) mass is 174 g/mol. The van der Waals surface area contributed by atoms with E-state index >= 15 is 0 Å². The lowest BCUT2D eigenvalue weighted by atomic mass is 9.96. The quantitative estimate of drug-likeness (QED) is 0.583. The Bertz CT molecular complexity index is 130. The second-order valence-corrected chi connectivity index (χ2v) is 4.14. The first-order chi connectivity index (χ1) is 5.70. The first kappa shape index (κ1) is 9.96. The van der Waals surface area contributed by atoms with Crippen LogP contribution in [0.2, 0.25) is 0 Å². The number of aliphatic hydroxyl groups excluding tert-OH is 2. The lowest BCUT2D eigenvalue weighted by molar-refractivity contribution is -0.915. The van der Waals surface area contributed by atoms with Crippen molar-refractivity contribution in [2.75, 3.05) is 39.9 Å². The number of likely N-dealkylation sites (tertiary alicyclic amines) is 1. The molecule has 1 rings (SSSR count). The van der Waals surface area contributed by atoms with E-state index in [4.69, 9.17) is 10.2 Å². The maximum atomic E-state index is 8.93. The van der Waals surface area contributed by atoms with E-state index in [-0.39, 0.29) is 6.61 Å². The molecule has 0 unspecified atom stereocenters. The minimum atomic E-state index is 0.278. The predicted octanol–water partition coefficient (Wildman–Crippen LogP) is -0.172. The van der Waals surface area contributed by atoms with Gasteiger partial charge in [0, 0.05) is 19.4 Å². The predicted molar refractivity (Wildman–Crippen MR) is 47.7 cm³/mol.